The van der Waals surface area contributed by atoms with E-state index in [4.69, 9.17) is 5.73 Å². The van der Waals surface area contributed by atoms with Crippen LogP contribution in [0, 0.1) is 0 Å². The summed E-state index contributed by atoms with van der Waals surface area (Å²) in [6.07, 6.45) is -3.21. The molecule has 0 aromatic heterocycles. The molecule has 2 atom stereocenters. The van der Waals surface area contributed by atoms with Gasteiger partial charge in [0.1, 0.15) is 6.54 Å². The number of carbonyl (C=O) groups excluding carboxylic acids is 2. The van der Waals surface area contributed by atoms with Gasteiger partial charge in [0.25, 0.3) is 0 Å². The van der Waals surface area contributed by atoms with Crippen molar-refractivity contribution in [3.63, 3.8) is 0 Å². The molecule has 1 aliphatic heterocycles. The minimum atomic E-state index is -4.42. The molecule has 2 unspecified atom stereocenters. The summed E-state index contributed by atoms with van der Waals surface area (Å²) in [6.45, 7) is 2.09. The van der Waals surface area contributed by atoms with E-state index in [2.05, 4.69) is 5.32 Å². The maximum atomic E-state index is 12.4. The molecular formula is C12H20F3N3O2. The van der Waals surface area contributed by atoms with Crippen LogP contribution in [0.4, 0.5) is 13.2 Å². The zero-order chi connectivity index (χ0) is 15.6. The van der Waals surface area contributed by atoms with Crippen LogP contribution in [0.3, 0.4) is 0 Å². The fraction of sp³-hybridized carbons (Fsp3) is 0.833. The third-order valence-corrected chi connectivity index (χ3v) is 3.64. The third-order valence-electron chi connectivity index (χ3n) is 3.64. The summed E-state index contributed by atoms with van der Waals surface area (Å²) in [4.78, 5) is 24.2. The molecule has 2 amide bonds. The first-order valence-corrected chi connectivity index (χ1v) is 6.52. The van der Waals surface area contributed by atoms with Gasteiger partial charge in [-0.25, -0.2) is 0 Å². The number of hydrogen-bond acceptors (Lipinski definition) is 3. The number of hydrogen-bond donors (Lipinski definition) is 2. The second-order valence-electron chi connectivity index (χ2n) is 5.26. The van der Waals surface area contributed by atoms with Gasteiger partial charge in [-0.15, -0.1) is 0 Å². The molecule has 20 heavy (non-hydrogen) atoms. The second kappa shape index (κ2) is 5.99. The van der Waals surface area contributed by atoms with Crippen LogP contribution in [0.25, 0.3) is 0 Å². The van der Waals surface area contributed by atoms with Crippen molar-refractivity contribution in [1.82, 2.24) is 10.2 Å². The summed E-state index contributed by atoms with van der Waals surface area (Å²) in [5.41, 5.74) is 4.18. The number of nitrogens with zero attached hydrogens (tertiary/aromatic N) is 1. The second-order valence-corrected chi connectivity index (χ2v) is 5.26. The van der Waals surface area contributed by atoms with Crippen molar-refractivity contribution in [1.29, 1.82) is 0 Å². The number of primary amides is 1. The Labute approximate surface area is 115 Å². The van der Waals surface area contributed by atoms with E-state index in [0.29, 0.717) is 19.3 Å². The molecule has 1 fully saturated rings. The molecule has 0 radical (unpaired) electrons. The first-order valence-electron chi connectivity index (χ1n) is 6.52. The lowest BCUT2D eigenvalue weighted by atomic mass is 9.94. The Bertz CT molecular complexity index is 387. The molecule has 1 saturated heterocycles. The number of carbonyl (C=O) groups is 2. The summed E-state index contributed by atoms with van der Waals surface area (Å²) in [6, 6.07) is -0.802. The monoisotopic (exact) mass is 295 g/mol. The fourth-order valence-electron chi connectivity index (χ4n) is 2.18. The summed E-state index contributed by atoms with van der Waals surface area (Å²) in [5.74, 6) is -1.25. The molecule has 8 heteroatoms. The summed E-state index contributed by atoms with van der Waals surface area (Å²) < 4.78 is 37.2. The maximum Gasteiger partial charge on any atom is 0.406 e. The fourth-order valence-corrected chi connectivity index (χ4v) is 2.18. The minimum absolute atomic E-state index is 0.0793. The molecule has 0 aromatic rings. The molecule has 116 valence electrons. The zero-order valence-electron chi connectivity index (χ0n) is 11.6. The lowest BCUT2D eigenvalue weighted by Gasteiger charge is -2.37. The van der Waals surface area contributed by atoms with Gasteiger partial charge in [0.05, 0.1) is 11.6 Å². The van der Waals surface area contributed by atoms with Crippen LogP contribution < -0.4 is 11.1 Å². The molecule has 0 bridgehead atoms. The summed E-state index contributed by atoms with van der Waals surface area (Å²) in [7, 11) is 0. The van der Waals surface area contributed by atoms with Crippen molar-refractivity contribution in [3.8, 4) is 0 Å². The average Bonchev–Trinajstić information content (AvgIpc) is 2.32. The number of halogens is 3. The molecule has 0 aliphatic carbocycles. The maximum absolute atomic E-state index is 12.4. The van der Waals surface area contributed by atoms with Crippen molar-refractivity contribution >= 4 is 11.8 Å². The lowest BCUT2D eigenvalue weighted by Crippen LogP contribution is -2.62. The van der Waals surface area contributed by atoms with E-state index in [1.165, 1.54) is 0 Å². The Balaban J connectivity index is 2.76. The predicted octanol–water partition coefficient (Wildman–Crippen LogP) is 0.783. The van der Waals surface area contributed by atoms with E-state index in [-0.39, 0.29) is 6.54 Å². The van der Waals surface area contributed by atoms with Crippen molar-refractivity contribution in [2.24, 2.45) is 5.73 Å². The Kier molecular flexibility index (Phi) is 5.01. The number of nitrogens with one attached hydrogen (secondary N) is 1. The Morgan fingerprint density at radius 1 is 1.50 bits per heavy atom. The summed E-state index contributed by atoms with van der Waals surface area (Å²) >= 11 is 0. The van der Waals surface area contributed by atoms with Crippen molar-refractivity contribution in [2.45, 2.75) is 50.9 Å². The smallest absolute Gasteiger partial charge is 0.368 e. The van der Waals surface area contributed by atoms with E-state index in [0.717, 1.165) is 4.90 Å². The molecule has 3 N–H and O–H groups in total. The van der Waals surface area contributed by atoms with E-state index >= 15 is 0 Å². The van der Waals surface area contributed by atoms with Gasteiger partial charge in [0.2, 0.25) is 11.8 Å². The van der Waals surface area contributed by atoms with Gasteiger partial charge >= 0.3 is 6.18 Å². The number of rotatable bonds is 5. The topological polar surface area (TPSA) is 75.4 Å². The number of nitrogens with two attached hydrogens (primary N) is 1. The van der Waals surface area contributed by atoms with Gasteiger partial charge in [-0.1, -0.05) is 6.92 Å². The number of likely N-dealkylation sites (tertiary alicyclic amines) is 1. The van der Waals surface area contributed by atoms with Crippen LogP contribution in [-0.2, 0) is 9.59 Å². The van der Waals surface area contributed by atoms with Gasteiger partial charge in [0, 0.05) is 6.54 Å². The predicted molar refractivity (Wildman–Crippen MR) is 66.7 cm³/mol. The Morgan fingerprint density at radius 3 is 2.55 bits per heavy atom. The van der Waals surface area contributed by atoms with Crippen LogP contribution in [0.1, 0.15) is 33.1 Å². The van der Waals surface area contributed by atoms with E-state index in [1.807, 2.05) is 0 Å². The molecule has 0 spiro atoms. The standard InChI is InChI=1S/C12H20F3N3O2/c1-3-11(2,10(16)20)17-8-5-4-6-18(9(8)19)7-12(13,14)15/h8,17H,3-7H2,1-2H3,(H2,16,20). The highest BCUT2D eigenvalue weighted by atomic mass is 19.4. The van der Waals surface area contributed by atoms with Gasteiger partial charge in [-0.05, 0) is 26.2 Å². The molecule has 1 rings (SSSR count). The van der Waals surface area contributed by atoms with Crippen LogP contribution >= 0.6 is 0 Å². The SMILES string of the molecule is CCC(C)(NC1CCCN(CC(F)(F)F)C1=O)C(N)=O. The van der Waals surface area contributed by atoms with E-state index in [9.17, 15) is 22.8 Å². The van der Waals surface area contributed by atoms with Crippen LogP contribution in [0.2, 0.25) is 0 Å². The van der Waals surface area contributed by atoms with Crippen LogP contribution in [-0.4, -0.2) is 47.6 Å². The highest BCUT2D eigenvalue weighted by molar-refractivity contribution is 5.87. The molecular weight excluding hydrogens is 275 g/mol. The molecule has 5 nitrogen and oxygen atoms in total. The van der Waals surface area contributed by atoms with E-state index < -0.39 is 36.1 Å². The quantitative estimate of drug-likeness (QED) is 0.787. The average molecular weight is 295 g/mol. The Morgan fingerprint density at radius 2 is 2.10 bits per heavy atom. The van der Waals surface area contributed by atoms with E-state index in [1.54, 1.807) is 13.8 Å². The molecule has 0 saturated carbocycles. The highest BCUT2D eigenvalue weighted by Crippen LogP contribution is 2.22. The summed E-state index contributed by atoms with van der Waals surface area (Å²) in [5, 5.41) is 2.81. The van der Waals surface area contributed by atoms with Gasteiger partial charge in [-0.3, -0.25) is 14.9 Å². The number of piperidine rings is 1. The first-order chi connectivity index (χ1) is 9.09. The number of amides is 2. The molecule has 0 aromatic carbocycles. The molecule has 1 aliphatic rings. The van der Waals surface area contributed by atoms with Crippen molar-refractivity contribution < 1.29 is 22.8 Å². The first kappa shape index (κ1) is 16.7. The Hall–Kier alpha value is -1.31. The van der Waals surface area contributed by atoms with Crippen LogP contribution in [0.15, 0.2) is 0 Å². The largest absolute Gasteiger partial charge is 0.406 e. The number of alkyl halides is 3. The van der Waals surface area contributed by atoms with Crippen LogP contribution in [0.5, 0.6) is 0 Å². The normalized spacial score (nSPS) is 23.6. The van der Waals surface area contributed by atoms with Crippen molar-refractivity contribution in [3.05, 3.63) is 0 Å². The van der Waals surface area contributed by atoms with Gasteiger partial charge in [-0.2, -0.15) is 13.2 Å². The van der Waals surface area contributed by atoms with Gasteiger partial charge in [0.15, 0.2) is 0 Å². The van der Waals surface area contributed by atoms with Gasteiger partial charge < -0.3 is 10.6 Å². The highest BCUT2D eigenvalue weighted by Gasteiger charge is 2.40. The third kappa shape index (κ3) is 4.09. The molecule has 1 heterocycles. The zero-order valence-corrected chi connectivity index (χ0v) is 11.6. The minimum Gasteiger partial charge on any atom is -0.368 e. The lowest BCUT2D eigenvalue weighted by molar-refractivity contribution is -0.165. The van der Waals surface area contributed by atoms with Crippen molar-refractivity contribution in [2.75, 3.05) is 13.1 Å².